The van der Waals surface area contributed by atoms with E-state index in [9.17, 15) is 14.7 Å². The summed E-state index contributed by atoms with van der Waals surface area (Å²) in [5, 5.41) is 9.73. The maximum atomic E-state index is 12.4. The number of hydrogen-bond acceptors (Lipinski definition) is 5. The molecule has 88 heavy (non-hydrogen) atoms. The number of hydrogen-bond donors (Lipinski definition) is 1. The fourth-order valence-corrected chi connectivity index (χ4v) is 11.4. The summed E-state index contributed by atoms with van der Waals surface area (Å²) >= 11 is 0. The first-order valence-electron chi connectivity index (χ1n) is 38.4. The first-order valence-corrected chi connectivity index (χ1v) is 38.4. The molecule has 0 aliphatic heterocycles. The molecule has 0 aromatic carbocycles. The molecule has 0 aliphatic carbocycles. The highest BCUT2D eigenvalue weighted by Crippen LogP contribution is 2.19. The molecule has 0 aromatic rings. The van der Waals surface area contributed by atoms with Gasteiger partial charge in [-0.15, -0.1) is 0 Å². The Balaban J connectivity index is 3.40. The molecule has 508 valence electrons. The van der Waals surface area contributed by atoms with E-state index in [4.69, 9.17) is 9.47 Å². The second kappa shape index (κ2) is 77.8. The van der Waals surface area contributed by atoms with Gasteiger partial charge in [0.05, 0.1) is 6.61 Å². The van der Waals surface area contributed by atoms with E-state index in [0.29, 0.717) is 12.8 Å². The number of allylic oxidation sites excluding steroid dienone is 18. The van der Waals surface area contributed by atoms with Gasteiger partial charge in [0.25, 0.3) is 0 Å². The van der Waals surface area contributed by atoms with Crippen molar-refractivity contribution in [3.05, 3.63) is 109 Å². The summed E-state index contributed by atoms with van der Waals surface area (Å²) in [6, 6.07) is 0. The molecule has 0 bridgehead atoms. The molecule has 0 spiro atoms. The average Bonchev–Trinajstić information content (AvgIpc) is 3.54. The van der Waals surface area contributed by atoms with Gasteiger partial charge in [0, 0.05) is 12.8 Å². The highest BCUT2D eigenvalue weighted by Gasteiger charge is 2.16. The quantitative estimate of drug-likeness (QED) is 0.0373. The van der Waals surface area contributed by atoms with Gasteiger partial charge in [-0.25, -0.2) is 0 Å². The molecule has 5 heteroatoms. The van der Waals surface area contributed by atoms with Gasteiger partial charge in [-0.2, -0.15) is 0 Å². The first kappa shape index (κ1) is 84.6. The number of esters is 2. The van der Waals surface area contributed by atoms with Gasteiger partial charge in [-0.05, 0) is 96.3 Å². The molecule has 0 aromatic heterocycles. The molecule has 0 heterocycles. The summed E-state index contributed by atoms with van der Waals surface area (Å²) in [5.41, 5.74) is 0. The summed E-state index contributed by atoms with van der Waals surface area (Å²) in [7, 11) is 0. The molecule has 0 saturated carbocycles. The van der Waals surface area contributed by atoms with Crippen molar-refractivity contribution in [2.75, 3.05) is 13.2 Å². The van der Waals surface area contributed by atoms with Crippen LogP contribution in [0.5, 0.6) is 0 Å². The Morgan fingerprint density at radius 2 is 0.455 bits per heavy atom. The fourth-order valence-electron chi connectivity index (χ4n) is 11.4. The van der Waals surface area contributed by atoms with Crippen molar-refractivity contribution in [2.24, 2.45) is 0 Å². The number of unbranched alkanes of at least 4 members (excludes halogenated alkanes) is 45. The third-order valence-corrected chi connectivity index (χ3v) is 17.1. The van der Waals surface area contributed by atoms with Crippen LogP contribution in [0.4, 0.5) is 0 Å². The summed E-state index contributed by atoms with van der Waals surface area (Å²) in [6.07, 6.45) is 113. The van der Waals surface area contributed by atoms with Gasteiger partial charge in [0.2, 0.25) is 0 Å². The van der Waals surface area contributed by atoms with Crippen molar-refractivity contribution in [2.45, 2.75) is 392 Å². The van der Waals surface area contributed by atoms with E-state index in [1.54, 1.807) is 0 Å². The van der Waals surface area contributed by atoms with Crippen molar-refractivity contribution in [3.8, 4) is 0 Å². The van der Waals surface area contributed by atoms with Crippen LogP contribution in [0.2, 0.25) is 0 Å². The van der Waals surface area contributed by atoms with Gasteiger partial charge in [-0.3, -0.25) is 9.59 Å². The van der Waals surface area contributed by atoms with E-state index in [2.05, 4.69) is 123 Å². The van der Waals surface area contributed by atoms with Crippen LogP contribution < -0.4 is 0 Å². The Hall–Kier alpha value is -3.44. The van der Waals surface area contributed by atoms with Gasteiger partial charge >= 0.3 is 11.9 Å². The van der Waals surface area contributed by atoms with Crippen molar-refractivity contribution in [1.82, 2.24) is 0 Å². The zero-order chi connectivity index (χ0) is 63.3. The SMILES string of the molecule is CC/C=C\C/C=C\C/C=C\C/C=C\C/C=C\CCCCCCCCCCCCCCCCCCCCCCCCCC(=O)OC(CO)COC(=O)CCCCCCCCCCCCCCCCCCCCCCCC/C=C\C/C=C\C/C=C\C/C=C\CC. The zero-order valence-corrected chi connectivity index (χ0v) is 58.5. The van der Waals surface area contributed by atoms with Crippen molar-refractivity contribution in [1.29, 1.82) is 0 Å². The lowest BCUT2D eigenvalue weighted by Crippen LogP contribution is -2.28. The topological polar surface area (TPSA) is 72.8 Å². The van der Waals surface area contributed by atoms with Crippen LogP contribution in [0.25, 0.3) is 0 Å². The van der Waals surface area contributed by atoms with Crippen LogP contribution in [0.15, 0.2) is 109 Å². The Labute approximate surface area is 548 Å². The number of carbonyl (C=O) groups excluding carboxylic acids is 2. The maximum Gasteiger partial charge on any atom is 0.306 e. The summed E-state index contributed by atoms with van der Waals surface area (Å²) in [6.45, 7) is 3.96. The van der Waals surface area contributed by atoms with Gasteiger partial charge in [-0.1, -0.05) is 386 Å². The lowest BCUT2D eigenvalue weighted by molar-refractivity contribution is -0.161. The van der Waals surface area contributed by atoms with Gasteiger partial charge in [0.1, 0.15) is 6.61 Å². The lowest BCUT2D eigenvalue weighted by Gasteiger charge is -2.15. The Morgan fingerprint density at radius 3 is 0.682 bits per heavy atom. The predicted octanol–water partition coefficient (Wildman–Crippen LogP) is 27.1. The number of aliphatic hydroxyl groups is 1. The van der Waals surface area contributed by atoms with Crippen LogP contribution in [0.1, 0.15) is 386 Å². The minimum absolute atomic E-state index is 0.0628. The van der Waals surface area contributed by atoms with E-state index >= 15 is 0 Å². The monoisotopic (exact) mass is 1220 g/mol. The molecular formula is C83H146O5. The number of aliphatic hydroxyl groups excluding tert-OH is 1. The molecule has 1 unspecified atom stereocenters. The van der Waals surface area contributed by atoms with Crippen molar-refractivity contribution >= 4 is 11.9 Å². The van der Waals surface area contributed by atoms with E-state index in [0.717, 1.165) is 96.3 Å². The maximum absolute atomic E-state index is 12.4. The smallest absolute Gasteiger partial charge is 0.306 e. The largest absolute Gasteiger partial charge is 0.462 e. The highest BCUT2D eigenvalue weighted by atomic mass is 16.6. The molecule has 0 fully saturated rings. The van der Waals surface area contributed by atoms with Crippen LogP contribution in [-0.2, 0) is 19.1 Å². The molecule has 0 aliphatic rings. The average molecular weight is 1220 g/mol. The Bertz CT molecular complexity index is 1670. The van der Waals surface area contributed by atoms with Crippen LogP contribution >= 0.6 is 0 Å². The first-order chi connectivity index (χ1) is 43.6. The lowest BCUT2D eigenvalue weighted by atomic mass is 10.0. The molecular weight excluding hydrogens is 1080 g/mol. The van der Waals surface area contributed by atoms with E-state index in [1.165, 1.54) is 263 Å². The van der Waals surface area contributed by atoms with E-state index in [-0.39, 0.29) is 25.2 Å². The van der Waals surface area contributed by atoms with Crippen LogP contribution in [0, 0.1) is 0 Å². The standard InChI is InChI=1S/C83H146O5/c1-3-5-7-9-11-13-15-17-19-21-23-25-27-29-31-33-35-37-39-40-41-42-44-46-48-50-52-54-56-58-60-62-64-66-68-70-72-74-76-78-83(86)88-81(79-84)80-87-82(85)77-75-73-71-69-67-65-63-61-59-57-55-53-51-49-47-45-43-38-36-34-32-30-28-26-24-22-20-18-16-14-12-10-8-6-4-2/h5-8,11-14,17-20,23-26,29,31,81,84H,3-4,9-10,15-16,21-22,27-28,30,32-80H2,1-2H3/b7-5-,8-6-,13-11-,14-12-,19-17-,20-18-,25-23-,26-24-,31-29-. The van der Waals surface area contributed by atoms with Crippen LogP contribution in [-0.4, -0.2) is 36.4 Å². The number of carbonyl (C=O) groups is 2. The molecule has 0 radical (unpaired) electrons. The second-order valence-corrected chi connectivity index (χ2v) is 25.7. The molecule has 0 amide bonds. The minimum Gasteiger partial charge on any atom is -0.462 e. The second-order valence-electron chi connectivity index (χ2n) is 25.7. The third-order valence-electron chi connectivity index (χ3n) is 17.1. The summed E-state index contributed by atoms with van der Waals surface area (Å²) in [5.74, 6) is -0.570. The minimum atomic E-state index is -0.774. The van der Waals surface area contributed by atoms with Crippen LogP contribution in [0.3, 0.4) is 0 Å². The molecule has 0 rings (SSSR count). The van der Waals surface area contributed by atoms with Gasteiger partial charge < -0.3 is 14.6 Å². The normalized spacial score (nSPS) is 12.8. The summed E-state index contributed by atoms with van der Waals surface area (Å²) in [4.78, 5) is 24.7. The third kappa shape index (κ3) is 75.0. The van der Waals surface area contributed by atoms with Crippen molar-refractivity contribution in [3.63, 3.8) is 0 Å². The number of ether oxygens (including phenoxy) is 2. The fraction of sp³-hybridized carbons (Fsp3) is 0.759. The molecule has 5 nitrogen and oxygen atoms in total. The Morgan fingerprint density at radius 1 is 0.261 bits per heavy atom. The highest BCUT2D eigenvalue weighted by molar-refractivity contribution is 5.70. The number of rotatable bonds is 71. The Kier molecular flexibility index (Phi) is 74.8. The van der Waals surface area contributed by atoms with Gasteiger partial charge in [0.15, 0.2) is 6.10 Å². The van der Waals surface area contributed by atoms with E-state index in [1.807, 2.05) is 0 Å². The molecule has 0 saturated heterocycles. The van der Waals surface area contributed by atoms with Crippen molar-refractivity contribution < 1.29 is 24.2 Å². The summed E-state index contributed by atoms with van der Waals surface area (Å²) < 4.78 is 10.8. The predicted molar refractivity (Wildman–Crippen MR) is 389 cm³/mol. The molecule has 1 N–H and O–H groups in total. The molecule has 1 atom stereocenters. The zero-order valence-electron chi connectivity index (χ0n) is 58.5. The van der Waals surface area contributed by atoms with E-state index < -0.39 is 6.10 Å².